The Kier molecular flexibility index (Phi) is 4.36. The van der Waals surface area contributed by atoms with Gasteiger partial charge in [0, 0.05) is 17.4 Å². The van der Waals surface area contributed by atoms with Gasteiger partial charge in [-0.25, -0.2) is 0 Å². The number of anilines is 1. The Labute approximate surface area is 111 Å². The molecule has 98 valence electrons. The molecule has 1 aliphatic heterocycles. The predicted octanol–water partition coefficient (Wildman–Crippen LogP) is 1.90. The molecular weight excluding hydrogens is 248 g/mol. The molecule has 3 N–H and O–H groups in total. The normalized spacial score (nSPS) is 18.6. The monoisotopic (exact) mass is 266 g/mol. The zero-order valence-electron chi connectivity index (χ0n) is 10.4. The van der Waals surface area contributed by atoms with Crippen molar-refractivity contribution in [2.24, 2.45) is 0 Å². The number of carbonyl (C=O) groups excluding carboxylic acids is 1. The van der Waals surface area contributed by atoms with Crippen molar-refractivity contribution in [3.05, 3.63) is 23.8 Å². The molecule has 1 amide bonds. The van der Waals surface area contributed by atoms with Crippen LogP contribution in [0.25, 0.3) is 0 Å². The second kappa shape index (κ2) is 6.00. The minimum atomic E-state index is -0.0687. The second-order valence-corrected chi connectivity index (χ2v) is 5.71. The van der Waals surface area contributed by atoms with Gasteiger partial charge in [0.05, 0.1) is 12.8 Å². The number of methoxy groups -OCH3 is 1. The van der Waals surface area contributed by atoms with E-state index in [0.717, 1.165) is 6.54 Å². The van der Waals surface area contributed by atoms with E-state index in [4.69, 9.17) is 10.5 Å². The van der Waals surface area contributed by atoms with Crippen molar-refractivity contribution < 1.29 is 9.53 Å². The van der Waals surface area contributed by atoms with Crippen LogP contribution in [-0.2, 0) is 0 Å². The maximum Gasteiger partial charge on any atom is 0.251 e. The molecule has 0 bridgehead atoms. The van der Waals surface area contributed by atoms with Gasteiger partial charge in [-0.15, -0.1) is 0 Å². The van der Waals surface area contributed by atoms with Crippen molar-refractivity contribution >= 4 is 23.4 Å². The summed E-state index contributed by atoms with van der Waals surface area (Å²) in [7, 11) is 1.54. The number of amides is 1. The van der Waals surface area contributed by atoms with E-state index in [1.165, 1.54) is 18.6 Å². The minimum absolute atomic E-state index is 0.0687. The standard InChI is InChI=1S/C13H18N2O2S/c1-17-12-7-9(4-5-11(12)14)13(16)15-8-10-3-2-6-18-10/h4-5,7,10H,2-3,6,8,14H2,1H3,(H,15,16). The number of rotatable bonds is 4. The van der Waals surface area contributed by atoms with Crippen molar-refractivity contribution in [1.29, 1.82) is 0 Å². The van der Waals surface area contributed by atoms with Gasteiger partial charge in [0.15, 0.2) is 0 Å². The van der Waals surface area contributed by atoms with Gasteiger partial charge in [-0.05, 0) is 36.8 Å². The number of hydrogen-bond donors (Lipinski definition) is 2. The smallest absolute Gasteiger partial charge is 0.251 e. The van der Waals surface area contributed by atoms with Crippen LogP contribution >= 0.6 is 11.8 Å². The Balaban J connectivity index is 1.95. The maximum absolute atomic E-state index is 12.0. The Morgan fingerprint density at radius 2 is 2.44 bits per heavy atom. The summed E-state index contributed by atoms with van der Waals surface area (Å²) in [6, 6.07) is 5.08. The van der Waals surface area contributed by atoms with Crippen LogP contribution in [0.1, 0.15) is 23.2 Å². The number of carbonyl (C=O) groups is 1. The topological polar surface area (TPSA) is 64.3 Å². The van der Waals surface area contributed by atoms with Crippen LogP contribution in [-0.4, -0.2) is 30.6 Å². The molecule has 1 aromatic rings. The van der Waals surface area contributed by atoms with Crippen LogP contribution in [0.2, 0.25) is 0 Å². The van der Waals surface area contributed by atoms with Gasteiger partial charge >= 0.3 is 0 Å². The first-order valence-corrected chi connectivity index (χ1v) is 7.09. The Hall–Kier alpha value is -1.36. The summed E-state index contributed by atoms with van der Waals surface area (Å²) < 4.78 is 5.10. The summed E-state index contributed by atoms with van der Waals surface area (Å²) in [5.74, 6) is 1.68. The maximum atomic E-state index is 12.0. The molecular formula is C13H18N2O2S. The number of hydrogen-bond acceptors (Lipinski definition) is 4. The van der Waals surface area contributed by atoms with Crippen LogP contribution in [0.15, 0.2) is 18.2 Å². The van der Waals surface area contributed by atoms with Crippen LogP contribution < -0.4 is 15.8 Å². The molecule has 5 heteroatoms. The van der Waals surface area contributed by atoms with Crippen molar-refractivity contribution in [2.45, 2.75) is 18.1 Å². The summed E-state index contributed by atoms with van der Waals surface area (Å²) in [5, 5.41) is 3.52. The third-order valence-corrected chi connectivity index (χ3v) is 4.41. The fourth-order valence-corrected chi connectivity index (χ4v) is 3.17. The quantitative estimate of drug-likeness (QED) is 0.817. The fraction of sp³-hybridized carbons (Fsp3) is 0.462. The van der Waals surface area contributed by atoms with Crippen LogP contribution in [0.5, 0.6) is 5.75 Å². The average Bonchev–Trinajstić information content (AvgIpc) is 2.89. The summed E-state index contributed by atoms with van der Waals surface area (Å²) in [6.07, 6.45) is 2.44. The number of nitrogen functional groups attached to an aromatic ring is 1. The molecule has 0 aromatic heterocycles. The third kappa shape index (κ3) is 3.10. The highest BCUT2D eigenvalue weighted by molar-refractivity contribution is 8.00. The van der Waals surface area contributed by atoms with Gasteiger partial charge in [-0.3, -0.25) is 4.79 Å². The van der Waals surface area contributed by atoms with E-state index >= 15 is 0 Å². The van der Waals surface area contributed by atoms with Crippen LogP contribution in [0.4, 0.5) is 5.69 Å². The van der Waals surface area contributed by atoms with Gasteiger partial charge < -0.3 is 15.8 Å². The van der Waals surface area contributed by atoms with Crippen molar-refractivity contribution in [3.8, 4) is 5.75 Å². The highest BCUT2D eigenvalue weighted by Gasteiger charge is 2.17. The lowest BCUT2D eigenvalue weighted by molar-refractivity contribution is 0.0953. The lowest BCUT2D eigenvalue weighted by Crippen LogP contribution is -2.29. The SMILES string of the molecule is COc1cc(C(=O)NCC2CCCS2)ccc1N. The molecule has 0 radical (unpaired) electrons. The molecule has 0 aliphatic carbocycles. The highest BCUT2D eigenvalue weighted by Crippen LogP contribution is 2.25. The fourth-order valence-electron chi connectivity index (χ4n) is 1.97. The van der Waals surface area contributed by atoms with Crippen molar-refractivity contribution in [1.82, 2.24) is 5.32 Å². The summed E-state index contributed by atoms with van der Waals surface area (Å²) in [5.41, 5.74) is 6.84. The molecule has 1 heterocycles. The molecule has 1 unspecified atom stereocenters. The molecule has 1 atom stereocenters. The average molecular weight is 266 g/mol. The van der Waals surface area contributed by atoms with E-state index in [1.807, 2.05) is 11.8 Å². The van der Waals surface area contributed by atoms with Crippen molar-refractivity contribution in [2.75, 3.05) is 25.1 Å². The summed E-state index contributed by atoms with van der Waals surface area (Å²) in [4.78, 5) is 12.0. The molecule has 0 saturated carbocycles. The Bertz CT molecular complexity index is 431. The Morgan fingerprint density at radius 3 is 3.11 bits per heavy atom. The third-order valence-electron chi connectivity index (χ3n) is 3.01. The molecule has 0 spiro atoms. The number of nitrogens with two attached hydrogens (primary N) is 1. The van der Waals surface area contributed by atoms with E-state index in [1.54, 1.807) is 25.3 Å². The van der Waals surface area contributed by atoms with Crippen LogP contribution in [0, 0.1) is 0 Å². The van der Waals surface area contributed by atoms with Gasteiger partial charge in [0.25, 0.3) is 5.91 Å². The summed E-state index contributed by atoms with van der Waals surface area (Å²) >= 11 is 1.93. The molecule has 1 saturated heterocycles. The highest BCUT2D eigenvalue weighted by atomic mass is 32.2. The van der Waals surface area contributed by atoms with Gasteiger partial charge in [-0.1, -0.05) is 0 Å². The van der Waals surface area contributed by atoms with E-state index in [2.05, 4.69) is 5.32 Å². The molecule has 18 heavy (non-hydrogen) atoms. The van der Waals surface area contributed by atoms with E-state index in [9.17, 15) is 4.79 Å². The number of thioether (sulfide) groups is 1. The van der Waals surface area contributed by atoms with E-state index in [-0.39, 0.29) is 5.91 Å². The molecule has 1 aliphatic rings. The summed E-state index contributed by atoms with van der Waals surface area (Å²) in [6.45, 7) is 0.732. The lowest BCUT2D eigenvalue weighted by Gasteiger charge is -2.11. The first kappa shape index (κ1) is 13.1. The first-order valence-electron chi connectivity index (χ1n) is 6.04. The van der Waals surface area contributed by atoms with E-state index < -0.39 is 0 Å². The predicted molar refractivity (Wildman–Crippen MR) is 75.2 cm³/mol. The zero-order valence-corrected chi connectivity index (χ0v) is 11.3. The van der Waals surface area contributed by atoms with Crippen LogP contribution in [0.3, 0.4) is 0 Å². The van der Waals surface area contributed by atoms with Crippen molar-refractivity contribution in [3.63, 3.8) is 0 Å². The lowest BCUT2D eigenvalue weighted by atomic mass is 10.1. The molecule has 1 aromatic carbocycles. The molecule has 4 nitrogen and oxygen atoms in total. The van der Waals surface area contributed by atoms with Gasteiger partial charge in [0.1, 0.15) is 5.75 Å². The molecule has 1 fully saturated rings. The Morgan fingerprint density at radius 1 is 1.61 bits per heavy atom. The van der Waals surface area contributed by atoms with Gasteiger partial charge in [0.2, 0.25) is 0 Å². The zero-order chi connectivity index (χ0) is 13.0. The van der Waals surface area contributed by atoms with Gasteiger partial charge in [-0.2, -0.15) is 11.8 Å². The largest absolute Gasteiger partial charge is 0.495 e. The number of ether oxygens (including phenoxy) is 1. The second-order valence-electron chi connectivity index (χ2n) is 4.30. The van der Waals surface area contributed by atoms with E-state index in [0.29, 0.717) is 22.3 Å². The number of nitrogens with one attached hydrogen (secondary N) is 1. The number of benzene rings is 1. The first-order chi connectivity index (χ1) is 8.70. The molecule has 2 rings (SSSR count). The minimum Gasteiger partial charge on any atom is -0.495 e.